The maximum atomic E-state index is 15.4. The molecule has 1 N–H and O–H groups in total. The number of methoxy groups -OCH3 is 1. The third-order valence-corrected chi connectivity index (χ3v) is 6.35. The van der Waals surface area contributed by atoms with Gasteiger partial charge in [0.25, 0.3) is 0 Å². The molecule has 2 aromatic rings. The number of nitrogens with zero attached hydrogens (tertiary/aromatic N) is 1. The lowest BCUT2D eigenvalue weighted by Crippen LogP contribution is -2.39. The van der Waals surface area contributed by atoms with Gasteiger partial charge in [-0.05, 0) is 74.1 Å². The van der Waals surface area contributed by atoms with Gasteiger partial charge < -0.3 is 19.7 Å². The normalized spacial score (nSPS) is 15.3. The maximum absolute atomic E-state index is 15.4. The fourth-order valence-electron chi connectivity index (χ4n) is 4.30. The molecule has 2 aromatic carbocycles. The highest BCUT2D eigenvalue weighted by atomic mass is 35.5. The number of rotatable bonds is 9. The number of carbonyl (C=O) groups is 1. The van der Waals surface area contributed by atoms with Crippen molar-refractivity contribution in [1.82, 2.24) is 0 Å². The van der Waals surface area contributed by atoms with Crippen LogP contribution in [0.25, 0.3) is 0 Å². The van der Waals surface area contributed by atoms with Gasteiger partial charge in [-0.15, -0.1) is 0 Å². The molecule has 0 saturated carbocycles. The average molecular weight is 463 g/mol. The minimum atomic E-state index is -0.343. The van der Waals surface area contributed by atoms with Crippen LogP contribution in [0.3, 0.4) is 0 Å². The summed E-state index contributed by atoms with van der Waals surface area (Å²) < 4.78 is 25.8. The number of anilines is 3. The first-order valence-corrected chi connectivity index (χ1v) is 11.6. The Morgan fingerprint density at radius 1 is 1.25 bits per heavy atom. The smallest absolute Gasteiger partial charge is 0.306 e. The molecule has 1 heterocycles. The number of halogens is 2. The van der Waals surface area contributed by atoms with Crippen molar-refractivity contribution in [3.8, 4) is 0 Å². The molecule has 7 heteroatoms. The minimum absolute atomic E-state index is 0.140. The summed E-state index contributed by atoms with van der Waals surface area (Å²) in [6.45, 7) is 6.20. The molecule has 1 aliphatic heterocycles. The molecule has 0 aliphatic carbocycles. The zero-order chi connectivity index (χ0) is 23.1. The van der Waals surface area contributed by atoms with Gasteiger partial charge in [-0.2, -0.15) is 0 Å². The molecular weight excluding hydrogens is 431 g/mol. The van der Waals surface area contributed by atoms with E-state index in [0.29, 0.717) is 30.2 Å². The molecule has 3 rings (SSSR count). The number of hydrogen-bond acceptors (Lipinski definition) is 5. The summed E-state index contributed by atoms with van der Waals surface area (Å²) in [4.78, 5) is 14.2. The fourth-order valence-corrected chi connectivity index (χ4v) is 4.43. The van der Waals surface area contributed by atoms with Crippen molar-refractivity contribution in [1.29, 1.82) is 0 Å². The Balaban J connectivity index is 2.04. The summed E-state index contributed by atoms with van der Waals surface area (Å²) >= 11 is 6.05. The lowest BCUT2D eigenvalue weighted by molar-refractivity contribution is -0.141. The summed E-state index contributed by atoms with van der Waals surface area (Å²) in [7, 11) is 1.36. The first kappa shape index (κ1) is 24.3. The van der Waals surface area contributed by atoms with E-state index in [1.54, 1.807) is 6.07 Å². The van der Waals surface area contributed by atoms with E-state index >= 15 is 4.39 Å². The van der Waals surface area contributed by atoms with Crippen LogP contribution in [0.15, 0.2) is 36.4 Å². The first-order chi connectivity index (χ1) is 15.5. The summed E-state index contributed by atoms with van der Waals surface area (Å²) in [6.07, 6.45) is 2.57. The van der Waals surface area contributed by atoms with Gasteiger partial charge in [0.2, 0.25) is 0 Å². The molecule has 174 valence electrons. The number of nitrogens with one attached hydrogen (secondary N) is 1. The predicted octanol–water partition coefficient (Wildman–Crippen LogP) is 6.28. The van der Waals surface area contributed by atoms with Crippen molar-refractivity contribution in [2.45, 2.75) is 51.5 Å². The number of esters is 1. The van der Waals surface area contributed by atoms with Gasteiger partial charge in [-0.3, -0.25) is 4.79 Å². The van der Waals surface area contributed by atoms with Gasteiger partial charge >= 0.3 is 5.97 Å². The van der Waals surface area contributed by atoms with Crippen LogP contribution in [0.4, 0.5) is 21.5 Å². The van der Waals surface area contributed by atoms with E-state index in [2.05, 4.69) is 17.1 Å². The fraction of sp³-hybridized carbons (Fsp3) is 0.480. The third kappa shape index (κ3) is 5.93. The molecule has 1 saturated heterocycles. The molecule has 0 spiro atoms. The molecule has 0 bridgehead atoms. The largest absolute Gasteiger partial charge is 0.469 e. The average Bonchev–Trinajstić information content (AvgIpc) is 2.81. The molecular formula is C25H32ClFN2O3. The van der Waals surface area contributed by atoms with Gasteiger partial charge in [-0.25, -0.2) is 4.39 Å². The summed E-state index contributed by atoms with van der Waals surface area (Å²) in [5, 5.41) is 4.10. The van der Waals surface area contributed by atoms with Crippen LogP contribution >= 0.6 is 11.6 Å². The van der Waals surface area contributed by atoms with Crippen molar-refractivity contribution in [3.05, 3.63) is 52.8 Å². The van der Waals surface area contributed by atoms with E-state index in [-0.39, 0.29) is 30.2 Å². The molecule has 32 heavy (non-hydrogen) atoms. The zero-order valence-corrected chi connectivity index (χ0v) is 19.8. The van der Waals surface area contributed by atoms with E-state index in [0.717, 1.165) is 36.4 Å². The molecule has 1 fully saturated rings. The third-order valence-electron chi connectivity index (χ3n) is 6.09. The lowest BCUT2D eigenvalue weighted by Gasteiger charge is -2.37. The Morgan fingerprint density at radius 3 is 2.53 bits per heavy atom. The van der Waals surface area contributed by atoms with Crippen LogP contribution < -0.4 is 10.2 Å². The minimum Gasteiger partial charge on any atom is -0.469 e. The second-order valence-electron chi connectivity index (χ2n) is 8.04. The summed E-state index contributed by atoms with van der Waals surface area (Å²) in [5.41, 5.74) is 2.99. The Hall–Kier alpha value is -2.31. The van der Waals surface area contributed by atoms with Gasteiger partial charge in [0.1, 0.15) is 5.82 Å². The zero-order valence-electron chi connectivity index (χ0n) is 19.0. The van der Waals surface area contributed by atoms with Crippen molar-refractivity contribution in [2.75, 3.05) is 37.1 Å². The van der Waals surface area contributed by atoms with Crippen molar-refractivity contribution < 1.29 is 18.7 Å². The van der Waals surface area contributed by atoms with E-state index in [1.165, 1.54) is 7.11 Å². The van der Waals surface area contributed by atoms with Gasteiger partial charge in [-0.1, -0.05) is 18.5 Å². The molecule has 0 amide bonds. The van der Waals surface area contributed by atoms with Crippen molar-refractivity contribution in [3.63, 3.8) is 0 Å². The number of ether oxygens (including phenoxy) is 2. The Labute approximate surface area is 194 Å². The van der Waals surface area contributed by atoms with E-state index in [9.17, 15) is 4.79 Å². The van der Waals surface area contributed by atoms with Gasteiger partial charge in [0, 0.05) is 36.5 Å². The quantitative estimate of drug-likeness (QED) is 0.444. The summed E-state index contributed by atoms with van der Waals surface area (Å²) in [5.74, 6) is -0.909. The SMILES string of the molecule is CCC(CC(=O)OC)c1cc(Nc2ccc(Cl)cc2)c(N(CC)C2CCOCC2)cc1F. The van der Waals surface area contributed by atoms with Gasteiger partial charge in [0.15, 0.2) is 0 Å². The number of carbonyl (C=O) groups excluding carboxylic acids is 1. The summed E-state index contributed by atoms with van der Waals surface area (Å²) in [6, 6.07) is 11.1. The van der Waals surface area contributed by atoms with Crippen LogP contribution in [0.2, 0.25) is 5.02 Å². The molecule has 1 aliphatic rings. The Kier molecular flexibility index (Phi) is 8.76. The predicted molar refractivity (Wildman–Crippen MR) is 128 cm³/mol. The topological polar surface area (TPSA) is 50.8 Å². The monoisotopic (exact) mass is 462 g/mol. The van der Waals surface area contributed by atoms with Crippen LogP contribution in [0, 0.1) is 5.82 Å². The van der Waals surface area contributed by atoms with Crippen molar-refractivity contribution >= 4 is 34.6 Å². The van der Waals surface area contributed by atoms with Crippen LogP contribution in [-0.2, 0) is 14.3 Å². The van der Waals surface area contributed by atoms with E-state index in [4.69, 9.17) is 21.1 Å². The molecule has 1 atom stereocenters. The molecule has 5 nitrogen and oxygen atoms in total. The Morgan fingerprint density at radius 2 is 1.94 bits per heavy atom. The van der Waals surface area contributed by atoms with Gasteiger partial charge in [0.05, 0.1) is 24.9 Å². The van der Waals surface area contributed by atoms with Crippen molar-refractivity contribution in [2.24, 2.45) is 0 Å². The number of hydrogen-bond donors (Lipinski definition) is 1. The van der Waals surface area contributed by atoms with E-state index in [1.807, 2.05) is 37.3 Å². The second kappa shape index (κ2) is 11.5. The first-order valence-electron chi connectivity index (χ1n) is 11.2. The molecule has 0 aromatic heterocycles. The highest BCUT2D eigenvalue weighted by Gasteiger charge is 2.26. The highest BCUT2D eigenvalue weighted by molar-refractivity contribution is 6.30. The molecule has 1 unspecified atom stereocenters. The molecule has 0 radical (unpaired) electrons. The van der Waals surface area contributed by atoms with Crippen LogP contribution in [-0.4, -0.2) is 38.9 Å². The van der Waals surface area contributed by atoms with Crippen LogP contribution in [0.1, 0.15) is 51.0 Å². The maximum Gasteiger partial charge on any atom is 0.306 e. The lowest BCUT2D eigenvalue weighted by atomic mass is 9.91. The Bertz CT molecular complexity index is 901. The van der Waals surface area contributed by atoms with E-state index < -0.39 is 0 Å². The number of benzene rings is 2. The highest BCUT2D eigenvalue weighted by Crippen LogP contribution is 2.38. The standard InChI is InChI=1S/C25H32ClFN2O3/c1-4-17(14-25(30)31-3)21-15-23(28-19-8-6-18(26)7-9-19)24(16-22(21)27)29(5-2)20-10-12-32-13-11-20/h6-9,15-17,20,28H,4-5,10-14H2,1-3H3. The van der Waals surface area contributed by atoms with Crippen LogP contribution in [0.5, 0.6) is 0 Å². The second-order valence-corrected chi connectivity index (χ2v) is 8.47.